The zero-order valence-corrected chi connectivity index (χ0v) is 37.3. The first-order valence-electron chi connectivity index (χ1n) is 22.6. The monoisotopic (exact) mass is 813 g/mol. The quantitative estimate of drug-likeness (QED) is 0.0353. The summed E-state index contributed by atoms with van der Waals surface area (Å²) >= 11 is 0. The van der Waals surface area contributed by atoms with Crippen LogP contribution < -0.4 is 0 Å². The molecule has 12 heteroatoms. The number of aliphatic hydroxyl groups excluding tert-OH is 2. The second-order valence-electron chi connectivity index (χ2n) is 16.8. The maximum absolute atomic E-state index is 11.5. The highest BCUT2D eigenvalue weighted by molar-refractivity contribution is 7.85. The SMILES string of the molecule is CCCCCCCCCCCCCC[N+](CC)(CCCC[N+](CC)(CCCCCCCCCCCCCC)CC(O)CS(=O)(=O)[O-])CC(O)CS(=O)(=O)[O-]. The zero-order valence-electron chi connectivity index (χ0n) is 35.7. The van der Waals surface area contributed by atoms with Gasteiger partial charge in [0, 0.05) is 12.8 Å². The number of hydrogen-bond donors (Lipinski definition) is 2. The van der Waals surface area contributed by atoms with E-state index in [1.807, 2.05) is 0 Å². The first-order valence-corrected chi connectivity index (χ1v) is 25.7. The van der Waals surface area contributed by atoms with Crippen LogP contribution in [0.15, 0.2) is 0 Å². The van der Waals surface area contributed by atoms with Gasteiger partial charge in [0.15, 0.2) is 0 Å². The van der Waals surface area contributed by atoms with Crippen molar-refractivity contribution < 1.29 is 45.1 Å². The number of aliphatic hydroxyl groups is 2. The van der Waals surface area contributed by atoms with Crippen molar-refractivity contribution in [2.24, 2.45) is 0 Å². The van der Waals surface area contributed by atoms with Crippen molar-refractivity contribution in [2.75, 3.05) is 63.9 Å². The van der Waals surface area contributed by atoms with Crippen molar-refractivity contribution >= 4 is 20.2 Å². The number of hydrogen-bond acceptors (Lipinski definition) is 8. The van der Waals surface area contributed by atoms with Gasteiger partial charge in [0.25, 0.3) is 0 Å². The molecule has 4 atom stereocenters. The molecule has 0 aromatic rings. The Morgan fingerprint density at radius 1 is 0.389 bits per heavy atom. The second-order valence-corrected chi connectivity index (χ2v) is 19.7. The molecule has 0 aliphatic carbocycles. The van der Waals surface area contributed by atoms with Crippen molar-refractivity contribution in [3.8, 4) is 0 Å². The summed E-state index contributed by atoms with van der Waals surface area (Å²) < 4.78 is 70.1. The highest BCUT2D eigenvalue weighted by Crippen LogP contribution is 2.20. The average Bonchev–Trinajstić information content (AvgIpc) is 3.09. The molecule has 4 unspecified atom stereocenters. The lowest BCUT2D eigenvalue weighted by Gasteiger charge is -2.41. The molecule has 326 valence electrons. The standard InChI is InChI=1S/C42H88N2O8S2/c1-5-9-11-13-15-17-19-21-23-25-27-29-33-43(7-3,37-41(45)39-53(47,48)49)35-31-32-36-44(8-4,38-42(46)40-54(50,51)52)34-30-28-26-24-22-20-18-16-14-12-10-6-2/h41-42,45-46H,5-40H2,1-4H3. The lowest BCUT2D eigenvalue weighted by molar-refractivity contribution is -0.935. The fraction of sp³-hybridized carbons (Fsp3) is 1.00. The Kier molecular flexibility index (Phi) is 32.4. The molecule has 0 radical (unpaired) electrons. The Labute approximate surface area is 334 Å². The molecule has 0 heterocycles. The molecule has 0 aliphatic rings. The summed E-state index contributed by atoms with van der Waals surface area (Å²) in [7, 11) is -9.10. The van der Waals surface area contributed by atoms with E-state index in [9.17, 15) is 36.2 Å². The van der Waals surface area contributed by atoms with Crippen molar-refractivity contribution in [2.45, 2.75) is 207 Å². The zero-order chi connectivity index (χ0) is 40.6. The van der Waals surface area contributed by atoms with Gasteiger partial charge in [-0.2, -0.15) is 0 Å². The fourth-order valence-electron chi connectivity index (χ4n) is 8.42. The minimum Gasteiger partial charge on any atom is -0.748 e. The van der Waals surface area contributed by atoms with Gasteiger partial charge in [-0.3, -0.25) is 0 Å². The third-order valence-electron chi connectivity index (χ3n) is 11.8. The highest BCUT2D eigenvalue weighted by Gasteiger charge is 2.32. The van der Waals surface area contributed by atoms with Gasteiger partial charge in [-0.1, -0.05) is 142 Å². The van der Waals surface area contributed by atoms with Crippen molar-refractivity contribution in [1.29, 1.82) is 0 Å². The minimum absolute atomic E-state index is 0.225. The Hall–Kier alpha value is -0.340. The first-order chi connectivity index (χ1) is 25.7. The lowest BCUT2D eigenvalue weighted by atomic mass is 10.0. The largest absolute Gasteiger partial charge is 0.748 e. The van der Waals surface area contributed by atoms with Crippen LogP contribution >= 0.6 is 0 Å². The van der Waals surface area contributed by atoms with Gasteiger partial charge in [0.1, 0.15) is 25.3 Å². The molecule has 0 saturated heterocycles. The average molecular weight is 813 g/mol. The number of likely N-dealkylation sites (N-methyl/N-ethyl adjacent to an activating group) is 2. The predicted molar refractivity (Wildman–Crippen MR) is 223 cm³/mol. The molecule has 0 aromatic heterocycles. The van der Waals surface area contributed by atoms with Crippen molar-refractivity contribution in [3.05, 3.63) is 0 Å². The summed E-state index contributed by atoms with van der Waals surface area (Å²) in [5.41, 5.74) is 0. The van der Waals surface area contributed by atoms with E-state index in [1.165, 1.54) is 116 Å². The second kappa shape index (κ2) is 32.6. The Morgan fingerprint density at radius 2 is 0.593 bits per heavy atom. The highest BCUT2D eigenvalue weighted by atomic mass is 32.2. The summed E-state index contributed by atoms with van der Waals surface area (Å²) in [6.45, 7) is 13.6. The van der Waals surface area contributed by atoms with Crippen molar-refractivity contribution in [1.82, 2.24) is 0 Å². The minimum atomic E-state index is -4.55. The van der Waals surface area contributed by atoms with Gasteiger partial charge in [-0.15, -0.1) is 0 Å². The topological polar surface area (TPSA) is 155 Å². The van der Waals surface area contributed by atoms with E-state index in [1.54, 1.807) is 0 Å². The van der Waals surface area contributed by atoms with Crippen LogP contribution in [0.2, 0.25) is 0 Å². The maximum Gasteiger partial charge on any atom is 0.116 e. The van der Waals surface area contributed by atoms with E-state index in [4.69, 9.17) is 0 Å². The molecule has 0 fully saturated rings. The number of nitrogens with zero attached hydrogens (tertiary/aromatic N) is 2. The van der Waals surface area contributed by atoms with Crippen LogP contribution in [0.1, 0.15) is 195 Å². The Bertz CT molecular complexity index is 994. The summed E-state index contributed by atoms with van der Waals surface area (Å²) in [4.78, 5) is 0. The Balaban J connectivity index is 5.20. The Morgan fingerprint density at radius 3 is 0.796 bits per heavy atom. The van der Waals surface area contributed by atoms with Gasteiger partial charge >= 0.3 is 0 Å². The van der Waals surface area contributed by atoms with Crippen molar-refractivity contribution in [3.63, 3.8) is 0 Å². The first kappa shape index (κ1) is 53.7. The molecule has 0 saturated carbocycles. The molecule has 2 N–H and O–H groups in total. The smallest absolute Gasteiger partial charge is 0.116 e. The van der Waals surface area contributed by atoms with Crippen LogP contribution in [0, 0.1) is 0 Å². The van der Waals surface area contributed by atoms with Crippen LogP contribution in [0.5, 0.6) is 0 Å². The molecular weight excluding hydrogens is 725 g/mol. The number of unbranched alkanes of at least 4 members (excludes halogenated alkanes) is 23. The van der Waals surface area contributed by atoms with E-state index >= 15 is 0 Å². The van der Waals surface area contributed by atoms with E-state index < -0.39 is 43.9 Å². The molecule has 0 spiro atoms. The van der Waals surface area contributed by atoms with Crippen LogP contribution in [0.25, 0.3) is 0 Å². The predicted octanol–water partition coefficient (Wildman–Crippen LogP) is 8.65. The lowest BCUT2D eigenvalue weighted by Crippen LogP contribution is -2.56. The van der Waals surface area contributed by atoms with Gasteiger partial charge in [-0.05, 0) is 39.5 Å². The van der Waals surface area contributed by atoms with Gasteiger partial charge < -0.3 is 28.3 Å². The summed E-state index contributed by atoms with van der Waals surface area (Å²) in [6, 6.07) is 0. The third-order valence-corrected chi connectivity index (χ3v) is 13.4. The third kappa shape index (κ3) is 31.7. The molecule has 0 aliphatic heterocycles. The molecule has 0 amide bonds. The van der Waals surface area contributed by atoms with E-state index in [0.717, 1.165) is 90.6 Å². The fourth-order valence-corrected chi connectivity index (χ4v) is 9.57. The number of rotatable bonds is 41. The molecule has 10 nitrogen and oxygen atoms in total. The summed E-state index contributed by atoms with van der Waals surface area (Å²) in [5, 5.41) is 21.4. The van der Waals surface area contributed by atoms with Crippen LogP contribution in [0.4, 0.5) is 0 Å². The number of quaternary nitrogens is 2. The van der Waals surface area contributed by atoms with E-state index in [-0.39, 0.29) is 13.1 Å². The van der Waals surface area contributed by atoms with E-state index in [2.05, 4.69) is 27.7 Å². The van der Waals surface area contributed by atoms with Crippen LogP contribution in [0.3, 0.4) is 0 Å². The molecule has 54 heavy (non-hydrogen) atoms. The van der Waals surface area contributed by atoms with Crippen LogP contribution in [-0.4, -0.2) is 121 Å². The normalized spacial score (nSPS) is 15.9. The maximum atomic E-state index is 11.5. The molecule has 0 bridgehead atoms. The summed E-state index contributed by atoms with van der Waals surface area (Å²) in [5.74, 6) is -1.55. The summed E-state index contributed by atoms with van der Waals surface area (Å²) in [6.07, 6.45) is 29.1. The van der Waals surface area contributed by atoms with Gasteiger partial charge in [0.05, 0.1) is 71.0 Å². The molecular formula is C42H88N2O8S2. The van der Waals surface area contributed by atoms with Gasteiger partial charge in [0.2, 0.25) is 0 Å². The molecule has 0 aromatic carbocycles. The van der Waals surface area contributed by atoms with E-state index in [0.29, 0.717) is 8.97 Å². The van der Waals surface area contributed by atoms with Gasteiger partial charge in [-0.25, -0.2) is 16.8 Å². The van der Waals surface area contributed by atoms with Crippen LogP contribution in [-0.2, 0) is 20.2 Å². The molecule has 0 rings (SSSR count).